The quantitative estimate of drug-likeness (QED) is 0.128. The fraction of sp³-hybridized carbons (Fsp3) is 0.706. The van der Waals surface area contributed by atoms with Crippen molar-refractivity contribution in [3.63, 3.8) is 0 Å². The summed E-state index contributed by atoms with van der Waals surface area (Å²) in [4.78, 5) is 59.3. The number of nitrogens with two attached hydrogens (primary N) is 2. The monoisotopic (exact) mass is 449 g/mol. The summed E-state index contributed by atoms with van der Waals surface area (Å²) in [5.74, 6) is -4.43. The third-order valence-electron chi connectivity index (χ3n) is 3.98. The average molecular weight is 450 g/mol. The summed E-state index contributed by atoms with van der Waals surface area (Å²) in [6.45, 7) is 2.73. The van der Waals surface area contributed by atoms with Crippen molar-refractivity contribution in [1.82, 2.24) is 16.0 Å². The minimum atomic E-state index is -1.54. The van der Waals surface area contributed by atoms with Gasteiger partial charge in [-0.05, 0) is 18.8 Å². The zero-order chi connectivity index (χ0) is 23.4. The van der Waals surface area contributed by atoms with Crippen molar-refractivity contribution in [3.05, 3.63) is 0 Å². The highest BCUT2D eigenvalue weighted by Crippen LogP contribution is 2.07. The van der Waals surface area contributed by atoms with E-state index in [1.807, 2.05) is 0 Å². The number of carboxylic acid groups (broad SMARTS) is 1. The zero-order valence-corrected chi connectivity index (χ0v) is 17.9. The van der Waals surface area contributed by atoms with Gasteiger partial charge in [0.2, 0.25) is 23.6 Å². The molecule has 0 aliphatic heterocycles. The molecule has 30 heavy (non-hydrogen) atoms. The van der Waals surface area contributed by atoms with Crippen LogP contribution in [0.1, 0.15) is 33.1 Å². The van der Waals surface area contributed by atoms with Crippen molar-refractivity contribution >= 4 is 42.2 Å². The van der Waals surface area contributed by atoms with Gasteiger partial charge in [0.05, 0.1) is 12.6 Å². The van der Waals surface area contributed by atoms with Crippen LogP contribution in [0, 0.1) is 5.92 Å². The molecule has 4 unspecified atom stereocenters. The molecular weight excluding hydrogens is 418 g/mol. The Morgan fingerprint density at radius 3 is 1.87 bits per heavy atom. The molecule has 172 valence electrons. The predicted octanol–water partition coefficient (Wildman–Crippen LogP) is -2.91. The van der Waals surface area contributed by atoms with Crippen LogP contribution in [0.4, 0.5) is 0 Å². The van der Waals surface area contributed by atoms with Crippen LogP contribution in [0.2, 0.25) is 0 Å². The molecule has 13 heteroatoms. The summed E-state index contributed by atoms with van der Waals surface area (Å²) in [6, 6.07) is -4.88. The van der Waals surface area contributed by atoms with Gasteiger partial charge >= 0.3 is 5.97 Å². The van der Waals surface area contributed by atoms with Crippen LogP contribution in [0.15, 0.2) is 0 Å². The Labute approximate surface area is 179 Å². The van der Waals surface area contributed by atoms with Gasteiger partial charge in [0.1, 0.15) is 18.1 Å². The number of carbonyl (C=O) groups excluding carboxylic acids is 4. The second kappa shape index (κ2) is 13.8. The number of hydrogen-bond donors (Lipinski definition) is 8. The molecule has 9 N–H and O–H groups in total. The van der Waals surface area contributed by atoms with Gasteiger partial charge in [0.15, 0.2) is 0 Å². The van der Waals surface area contributed by atoms with E-state index in [1.54, 1.807) is 13.8 Å². The van der Waals surface area contributed by atoms with Crippen molar-refractivity contribution < 1.29 is 34.2 Å². The smallest absolute Gasteiger partial charge is 0.328 e. The van der Waals surface area contributed by atoms with E-state index in [0.717, 1.165) is 0 Å². The van der Waals surface area contributed by atoms with Crippen molar-refractivity contribution in [1.29, 1.82) is 0 Å². The minimum absolute atomic E-state index is 0.0199. The number of aliphatic hydroxyl groups excluding tert-OH is 1. The standard InChI is InChI=1S/C17H31N5O7S/c1-8(2)5-11(16(27)22-12(6-23)17(28)29)21-15(26)10(3-4-13(19)24)20-14(25)9(18)7-30/h8-12,23,30H,3-7,18H2,1-2H3,(H2,19,24)(H,20,25)(H,21,26)(H,22,27)(H,28,29). The fourth-order valence-corrected chi connectivity index (χ4v) is 2.52. The van der Waals surface area contributed by atoms with E-state index in [0.29, 0.717) is 0 Å². The van der Waals surface area contributed by atoms with Crippen molar-refractivity contribution in [2.45, 2.75) is 57.3 Å². The maximum atomic E-state index is 12.7. The van der Waals surface area contributed by atoms with E-state index in [1.165, 1.54) is 0 Å². The number of primary amides is 1. The topological polar surface area (TPSA) is 214 Å². The minimum Gasteiger partial charge on any atom is -0.480 e. The number of amides is 4. The number of hydrogen-bond acceptors (Lipinski definition) is 8. The summed E-state index contributed by atoms with van der Waals surface area (Å²) in [5, 5.41) is 25.0. The van der Waals surface area contributed by atoms with E-state index < -0.39 is 60.4 Å². The lowest BCUT2D eigenvalue weighted by atomic mass is 10.0. The van der Waals surface area contributed by atoms with E-state index >= 15 is 0 Å². The highest BCUT2D eigenvalue weighted by molar-refractivity contribution is 7.80. The highest BCUT2D eigenvalue weighted by atomic mass is 32.1. The lowest BCUT2D eigenvalue weighted by Crippen LogP contribution is -2.58. The number of nitrogens with one attached hydrogen (secondary N) is 3. The Balaban J connectivity index is 5.42. The molecule has 0 bridgehead atoms. The molecule has 0 aromatic rings. The molecule has 4 amide bonds. The van der Waals surface area contributed by atoms with Gasteiger partial charge in [-0.3, -0.25) is 19.2 Å². The molecule has 0 radical (unpaired) electrons. The largest absolute Gasteiger partial charge is 0.480 e. The molecule has 0 aliphatic carbocycles. The molecule has 0 spiro atoms. The first-order valence-electron chi connectivity index (χ1n) is 9.32. The fourth-order valence-electron chi connectivity index (χ4n) is 2.35. The summed E-state index contributed by atoms with van der Waals surface area (Å²) in [7, 11) is 0. The molecule has 0 rings (SSSR count). The molecule has 0 aromatic heterocycles. The first-order chi connectivity index (χ1) is 13.9. The first kappa shape index (κ1) is 27.6. The van der Waals surface area contributed by atoms with E-state index in [4.69, 9.17) is 21.7 Å². The molecule has 4 atom stereocenters. The molecule has 0 aromatic carbocycles. The van der Waals surface area contributed by atoms with Gasteiger partial charge in [-0.1, -0.05) is 13.8 Å². The Kier molecular flexibility index (Phi) is 12.7. The third kappa shape index (κ3) is 10.4. The van der Waals surface area contributed by atoms with Crippen molar-refractivity contribution in [2.24, 2.45) is 17.4 Å². The number of aliphatic hydroxyl groups is 1. The normalized spacial score (nSPS) is 14.9. The average Bonchev–Trinajstić information content (AvgIpc) is 2.66. The summed E-state index contributed by atoms with van der Waals surface area (Å²) < 4.78 is 0. The molecule has 12 nitrogen and oxygen atoms in total. The third-order valence-corrected chi connectivity index (χ3v) is 4.38. The maximum absolute atomic E-state index is 12.7. The second-order valence-electron chi connectivity index (χ2n) is 7.13. The van der Waals surface area contributed by atoms with E-state index in [-0.39, 0.29) is 30.9 Å². The van der Waals surface area contributed by atoms with Crippen molar-refractivity contribution in [2.75, 3.05) is 12.4 Å². The first-order valence-corrected chi connectivity index (χ1v) is 9.95. The molecule has 0 aliphatic rings. The lowest BCUT2D eigenvalue weighted by molar-refractivity contribution is -0.143. The Hall–Kier alpha value is -2.38. The van der Waals surface area contributed by atoms with Gasteiger partial charge in [-0.2, -0.15) is 12.6 Å². The zero-order valence-electron chi connectivity index (χ0n) is 17.0. The molecule has 0 heterocycles. The summed E-state index contributed by atoms with van der Waals surface area (Å²) >= 11 is 3.91. The van der Waals surface area contributed by atoms with Crippen LogP contribution < -0.4 is 27.4 Å². The van der Waals surface area contributed by atoms with Crippen LogP contribution >= 0.6 is 12.6 Å². The van der Waals surface area contributed by atoms with Crippen molar-refractivity contribution in [3.8, 4) is 0 Å². The van der Waals surface area contributed by atoms with Crippen LogP contribution in [-0.4, -0.2) is 76.3 Å². The summed E-state index contributed by atoms with van der Waals surface area (Å²) in [6.07, 6.45) is -0.181. The molecular formula is C17H31N5O7S. The molecule has 0 saturated carbocycles. The van der Waals surface area contributed by atoms with E-state index in [9.17, 15) is 24.0 Å². The second-order valence-corrected chi connectivity index (χ2v) is 7.49. The SMILES string of the molecule is CC(C)CC(NC(=O)C(CCC(N)=O)NC(=O)C(N)CS)C(=O)NC(CO)C(=O)O. The Bertz CT molecular complexity index is 632. The van der Waals surface area contributed by atoms with Crippen LogP contribution in [0.5, 0.6) is 0 Å². The molecule has 0 fully saturated rings. The lowest BCUT2D eigenvalue weighted by Gasteiger charge is -2.25. The van der Waals surface area contributed by atoms with Gasteiger partial charge in [0, 0.05) is 12.2 Å². The van der Waals surface area contributed by atoms with Crippen LogP contribution in [-0.2, 0) is 24.0 Å². The van der Waals surface area contributed by atoms with Gasteiger partial charge < -0.3 is 37.6 Å². The van der Waals surface area contributed by atoms with Crippen LogP contribution in [0.3, 0.4) is 0 Å². The Morgan fingerprint density at radius 2 is 1.43 bits per heavy atom. The van der Waals surface area contributed by atoms with Gasteiger partial charge in [-0.25, -0.2) is 4.79 Å². The highest BCUT2D eigenvalue weighted by Gasteiger charge is 2.30. The van der Waals surface area contributed by atoms with Crippen LogP contribution in [0.25, 0.3) is 0 Å². The number of aliphatic carboxylic acids is 1. The number of thiol groups is 1. The molecule has 0 saturated heterocycles. The number of carboxylic acids is 1. The Morgan fingerprint density at radius 1 is 0.933 bits per heavy atom. The maximum Gasteiger partial charge on any atom is 0.328 e. The predicted molar refractivity (Wildman–Crippen MR) is 110 cm³/mol. The van der Waals surface area contributed by atoms with E-state index in [2.05, 4.69) is 28.6 Å². The summed E-state index contributed by atoms with van der Waals surface area (Å²) in [5.41, 5.74) is 10.7. The van der Waals surface area contributed by atoms with Gasteiger partial charge in [0.25, 0.3) is 0 Å². The number of carbonyl (C=O) groups is 5. The van der Waals surface area contributed by atoms with Gasteiger partial charge in [-0.15, -0.1) is 0 Å². The number of rotatable bonds is 14.